The molecular formula is C18H20O4. The molecule has 0 saturated heterocycles. The van der Waals surface area contributed by atoms with Crippen molar-refractivity contribution in [2.24, 2.45) is 5.41 Å². The normalized spacial score (nSPS) is 29.1. The molecule has 0 bridgehead atoms. The SMILES string of the molecule is COc1ccc2c(c1)C1(C)C=CC(O)C(C)(C)C1=C(O)C2=O. The van der Waals surface area contributed by atoms with Gasteiger partial charge in [-0.2, -0.15) is 0 Å². The Morgan fingerprint density at radius 1 is 1.23 bits per heavy atom. The Morgan fingerprint density at radius 2 is 1.91 bits per heavy atom. The van der Waals surface area contributed by atoms with Crippen molar-refractivity contribution in [2.45, 2.75) is 32.3 Å². The number of rotatable bonds is 1. The lowest BCUT2D eigenvalue weighted by Gasteiger charge is -2.47. The van der Waals surface area contributed by atoms with Crippen LogP contribution in [0.4, 0.5) is 0 Å². The van der Waals surface area contributed by atoms with Crippen LogP contribution < -0.4 is 4.74 Å². The number of benzene rings is 1. The summed E-state index contributed by atoms with van der Waals surface area (Å²) in [6.07, 6.45) is 2.84. The van der Waals surface area contributed by atoms with E-state index in [1.54, 1.807) is 25.3 Å². The molecule has 1 aromatic rings. The predicted octanol–water partition coefficient (Wildman–Crippen LogP) is 2.92. The second-order valence-corrected chi connectivity index (χ2v) is 6.69. The zero-order valence-electron chi connectivity index (χ0n) is 13.2. The van der Waals surface area contributed by atoms with Crippen molar-refractivity contribution < 1.29 is 19.7 Å². The van der Waals surface area contributed by atoms with Gasteiger partial charge in [0.05, 0.1) is 13.2 Å². The van der Waals surface area contributed by atoms with Crippen LogP contribution in [0.25, 0.3) is 0 Å². The third-order valence-electron chi connectivity index (χ3n) is 5.00. The number of methoxy groups -OCH3 is 1. The first-order valence-corrected chi connectivity index (χ1v) is 7.28. The fourth-order valence-corrected chi connectivity index (χ4v) is 3.72. The van der Waals surface area contributed by atoms with Gasteiger partial charge in [-0.3, -0.25) is 4.79 Å². The molecule has 2 atom stereocenters. The van der Waals surface area contributed by atoms with Gasteiger partial charge in [-0.25, -0.2) is 0 Å². The molecule has 4 nitrogen and oxygen atoms in total. The van der Waals surface area contributed by atoms with Gasteiger partial charge in [-0.05, 0) is 36.3 Å². The molecule has 0 aromatic heterocycles. The molecule has 2 aliphatic rings. The quantitative estimate of drug-likeness (QED) is 0.783. The second kappa shape index (κ2) is 4.46. The van der Waals surface area contributed by atoms with Crippen LogP contribution in [0.3, 0.4) is 0 Å². The summed E-state index contributed by atoms with van der Waals surface area (Å²) in [7, 11) is 1.58. The van der Waals surface area contributed by atoms with Crippen molar-refractivity contribution in [3.05, 3.63) is 52.8 Å². The number of fused-ring (bicyclic) bond motifs is 3. The average Bonchev–Trinajstić information content (AvgIpc) is 2.48. The lowest BCUT2D eigenvalue weighted by molar-refractivity contribution is 0.0845. The van der Waals surface area contributed by atoms with Crippen molar-refractivity contribution in [1.82, 2.24) is 0 Å². The van der Waals surface area contributed by atoms with Crippen LogP contribution in [-0.4, -0.2) is 29.2 Å². The number of ether oxygens (including phenoxy) is 1. The Hall–Kier alpha value is -2.07. The van der Waals surface area contributed by atoms with E-state index < -0.39 is 22.7 Å². The molecule has 4 heteroatoms. The number of aliphatic hydroxyl groups excluding tert-OH is 2. The highest BCUT2D eigenvalue weighted by atomic mass is 16.5. The van der Waals surface area contributed by atoms with E-state index >= 15 is 0 Å². The minimum absolute atomic E-state index is 0.256. The van der Waals surface area contributed by atoms with Crippen LogP contribution in [0.15, 0.2) is 41.7 Å². The van der Waals surface area contributed by atoms with Crippen LogP contribution in [0, 0.1) is 5.41 Å². The summed E-state index contributed by atoms with van der Waals surface area (Å²) in [6, 6.07) is 5.23. The lowest BCUT2D eigenvalue weighted by Crippen LogP contribution is -2.46. The highest BCUT2D eigenvalue weighted by Gasteiger charge is 2.51. The first-order valence-electron chi connectivity index (χ1n) is 7.28. The van der Waals surface area contributed by atoms with Gasteiger partial charge in [-0.1, -0.05) is 26.0 Å². The predicted molar refractivity (Wildman–Crippen MR) is 83.3 cm³/mol. The van der Waals surface area contributed by atoms with Crippen LogP contribution in [0.1, 0.15) is 36.7 Å². The largest absolute Gasteiger partial charge is 0.504 e. The fraction of sp³-hybridized carbons (Fsp3) is 0.389. The van der Waals surface area contributed by atoms with Crippen molar-refractivity contribution in [3.8, 4) is 5.75 Å². The number of carbonyl (C=O) groups excluding carboxylic acids is 1. The smallest absolute Gasteiger partial charge is 0.227 e. The second-order valence-electron chi connectivity index (χ2n) is 6.69. The molecule has 0 saturated carbocycles. The van der Waals surface area contributed by atoms with Gasteiger partial charge in [0, 0.05) is 16.4 Å². The Bertz CT molecular complexity index is 727. The number of carbonyl (C=O) groups is 1. The summed E-state index contributed by atoms with van der Waals surface area (Å²) in [5.41, 5.74) is 0.442. The summed E-state index contributed by atoms with van der Waals surface area (Å²) in [5, 5.41) is 20.8. The molecule has 2 aliphatic carbocycles. The Kier molecular flexibility index (Phi) is 3.01. The van der Waals surface area contributed by atoms with Gasteiger partial charge in [0.15, 0.2) is 5.76 Å². The van der Waals surface area contributed by atoms with E-state index in [0.29, 0.717) is 16.9 Å². The highest BCUT2D eigenvalue weighted by Crippen LogP contribution is 2.53. The number of ketones is 1. The highest BCUT2D eigenvalue weighted by molar-refractivity contribution is 6.11. The van der Waals surface area contributed by atoms with Gasteiger partial charge < -0.3 is 14.9 Å². The van der Waals surface area contributed by atoms with Gasteiger partial charge in [0.1, 0.15) is 5.75 Å². The molecule has 0 radical (unpaired) electrons. The Morgan fingerprint density at radius 3 is 2.55 bits per heavy atom. The van der Waals surface area contributed by atoms with E-state index in [1.165, 1.54) is 0 Å². The zero-order chi connectivity index (χ0) is 16.3. The molecule has 0 spiro atoms. The van der Waals surface area contributed by atoms with E-state index in [9.17, 15) is 15.0 Å². The molecular weight excluding hydrogens is 280 g/mol. The third-order valence-corrected chi connectivity index (χ3v) is 5.00. The summed E-state index contributed by atoms with van der Waals surface area (Å²) < 4.78 is 5.28. The molecule has 3 rings (SSSR count). The summed E-state index contributed by atoms with van der Waals surface area (Å²) >= 11 is 0. The van der Waals surface area contributed by atoms with Crippen LogP contribution >= 0.6 is 0 Å². The van der Waals surface area contributed by atoms with Crippen molar-refractivity contribution >= 4 is 5.78 Å². The third kappa shape index (κ3) is 1.70. The fourth-order valence-electron chi connectivity index (χ4n) is 3.72. The summed E-state index contributed by atoms with van der Waals surface area (Å²) in [4.78, 5) is 12.6. The topological polar surface area (TPSA) is 66.8 Å². The molecule has 22 heavy (non-hydrogen) atoms. The Balaban J connectivity index is 2.37. The van der Waals surface area contributed by atoms with Crippen molar-refractivity contribution in [2.75, 3.05) is 7.11 Å². The first kappa shape index (κ1) is 14.9. The van der Waals surface area contributed by atoms with Gasteiger partial charge in [0.25, 0.3) is 0 Å². The molecule has 2 N–H and O–H groups in total. The van der Waals surface area contributed by atoms with Crippen molar-refractivity contribution in [1.29, 1.82) is 0 Å². The Labute approximate surface area is 129 Å². The molecule has 116 valence electrons. The molecule has 2 unspecified atom stereocenters. The first-order chi connectivity index (χ1) is 10.2. The van der Waals surface area contributed by atoms with E-state index in [1.807, 2.05) is 32.9 Å². The van der Waals surface area contributed by atoms with E-state index in [0.717, 1.165) is 5.56 Å². The minimum atomic E-state index is -0.752. The van der Waals surface area contributed by atoms with Gasteiger partial charge in [-0.15, -0.1) is 0 Å². The number of aliphatic hydroxyl groups is 2. The van der Waals surface area contributed by atoms with Crippen molar-refractivity contribution in [3.63, 3.8) is 0 Å². The molecule has 0 heterocycles. The number of allylic oxidation sites excluding steroid dienone is 2. The average molecular weight is 300 g/mol. The molecule has 0 amide bonds. The van der Waals surface area contributed by atoms with Crippen LogP contribution in [0.5, 0.6) is 5.75 Å². The van der Waals surface area contributed by atoms with Gasteiger partial charge >= 0.3 is 0 Å². The number of hydrogen-bond donors (Lipinski definition) is 2. The summed E-state index contributed by atoms with van der Waals surface area (Å²) in [5.74, 6) is 0.000104. The van der Waals surface area contributed by atoms with E-state index in [-0.39, 0.29) is 5.76 Å². The standard InChI is InChI=1S/C18H20O4/c1-17(2)13(19)7-8-18(3)12-9-10(22-4)5-6-11(12)14(20)15(21)16(17)18/h5-9,13,19,21H,1-4H3. The maximum absolute atomic E-state index is 12.6. The van der Waals surface area contributed by atoms with Crippen LogP contribution in [0.2, 0.25) is 0 Å². The van der Waals surface area contributed by atoms with E-state index in [2.05, 4.69) is 0 Å². The zero-order valence-corrected chi connectivity index (χ0v) is 13.2. The van der Waals surface area contributed by atoms with Gasteiger partial charge in [0.2, 0.25) is 5.78 Å². The maximum atomic E-state index is 12.6. The van der Waals surface area contributed by atoms with Crippen LogP contribution in [-0.2, 0) is 5.41 Å². The minimum Gasteiger partial charge on any atom is -0.504 e. The molecule has 1 aromatic carbocycles. The monoisotopic (exact) mass is 300 g/mol. The van der Waals surface area contributed by atoms with E-state index in [4.69, 9.17) is 4.74 Å². The number of Topliss-reactive ketones (excluding diaryl/α,β-unsaturated/α-hetero) is 1. The molecule has 0 fully saturated rings. The number of hydrogen-bond acceptors (Lipinski definition) is 4. The molecule has 0 aliphatic heterocycles. The maximum Gasteiger partial charge on any atom is 0.227 e. The lowest BCUT2D eigenvalue weighted by atomic mass is 9.56. The summed E-state index contributed by atoms with van der Waals surface area (Å²) in [6.45, 7) is 5.63.